The van der Waals surface area contributed by atoms with Crippen LogP contribution in [0.5, 0.6) is 0 Å². The summed E-state index contributed by atoms with van der Waals surface area (Å²) in [6, 6.07) is 22.8. The van der Waals surface area contributed by atoms with Gasteiger partial charge in [-0.25, -0.2) is 0 Å². The number of benzene rings is 3. The van der Waals surface area contributed by atoms with E-state index in [1.165, 1.54) is 11.8 Å². The Labute approximate surface area is 256 Å². The molecule has 202 valence electrons. The van der Waals surface area contributed by atoms with E-state index >= 15 is 0 Å². The molecule has 0 aliphatic carbocycles. The topological polar surface area (TPSA) is 99.2 Å². The zero-order valence-electron chi connectivity index (χ0n) is 23.3. The molecule has 8 heteroatoms. The number of pyridine rings is 1. The maximum Gasteiger partial charge on any atom is 1.00 e. The van der Waals surface area contributed by atoms with Gasteiger partial charge in [0.05, 0.1) is 12.0 Å². The van der Waals surface area contributed by atoms with Crippen LogP contribution in [0, 0.1) is 6.92 Å². The van der Waals surface area contributed by atoms with E-state index in [0.717, 1.165) is 16.7 Å². The predicted molar refractivity (Wildman–Crippen MR) is 159 cm³/mol. The van der Waals surface area contributed by atoms with Gasteiger partial charge in [0.15, 0.2) is 5.78 Å². The molecule has 4 rings (SSSR count). The molecule has 1 heterocycles. The number of amides is 1. The van der Waals surface area contributed by atoms with Crippen molar-refractivity contribution in [3.63, 3.8) is 0 Å². The second-order valence-electron chi connectivity index (χ2n) is 9.24. The van der Waals surface area contributed by atoms with Gasteiger partial charge in [-0.2, -0.15) is 11.8 Å². The van der Waals surface area contributed by atoms with Crippen LogP contribution in [0.3, 0.4) is 0 Å². The third kappa shape index (κ3) is 8.08. The minimum atomic E-state index is -1.31. The van der Waals surface area contributed by atoms with Crippen LogP contribution in [-0.2, 0) is 4.79 Å². The van der Waals surface area contributed by atoms with Crippen LogP contribution in [0.25, 0.3) is 23.3 Å². The predicted octanol–water partition coefficient (Wildman–Crippen LogP) is 2.06. The summed E-state index contributed by atoms with van der Waals surface area (Å²) < 4.78 is 0. The third-order valence-corrected chi connectivity index (χ3v) is 7.16. The fraction of sp³-hybridized carbons (Fsp3) is 0.152. The Kier molecular flexibility index (Phi) is 11.7. The molecule has 1 atom stereocenters. The Balaban J connectivity index is 0.00000462. The summed E-state index contributed by atoms with van der Waals surface area (Å²) in [4.78, 5) is 42.3. The van der Waals surface area contributed by atoms with Crippen LogP contribution in [0.1, 0.15) is 49.4 Å². The number of aromatic nitrogens is 1. The fourth-order valence-corrected chi connectivity index (χ4v) is 4.83. The minimum Gasteiger partial charge on any atom is -0.548 e. The minimum absolute atomic E-state index is 0. The molecule has 41 heavy (non-hydrogen) atoms. The van der Waals surface area contributed by atoms with Crippen LogP contribution in [0.15, 0.2) is 91.3 Å². The van der Waals surface area contributed by atoms with Gasteiger partial charge in [0.1, 0.15) is 0 Å². The number of aryl methyl sites for hydroxylation is 1. The zero-order valence-corrected chi connectivity index (χ0v) is 24.1. The summed E-state index contributed by atoms with van der Waals surface area (Å²) in [6.45, 7) is 1.96. The van der Waals surface area contributed by atoms with Crippen molar-refractivity contribution in [2.75, 3.05) is 12.0 Å². The first-order valence-corrected chi connectivity index (χ1v) is 14.2. The van der Waals surface area contributed by atoms with Crippen LogP contribution in [0.4, 0.5) is 0 Å². The van der Waals surface area contributed by atoms with E-state index in [9.17, 15) is 19.5 Å². The Hall–Kier alpha value is -3.89. The van der Waals surface area contributed by atoms with Gasteiger partial charge in [0, 0.05) is 34.6 Å². The summed E-state index contributed by atoms with van der Waals surface area (Å²) in [6.07, 6.45) is 9.08. The monoisotopic (exact) mass is 556 g/mol. The maximum atomic E-state index is 13.3. The zero-order chi connectivity index (χ0) is 28.5. The summed E-state index contributed by atoms with van der Waals surface area (Å²) in [5.41, 5.74) is 5.46. The average molecular weight is 557 g/mol. The number of ketones is 1. The molecule has 0 saturated heterocycles. The van der Waals surface area contributed by atoms with Gasteiger partial charge >= 0.3 is 18.9 Å². The Morgan fingerprint density at radius 3 is 2.37 bits per heavy atom. The van der Waals surface area contributed by atoms with Crippen molar-refractivity contribution in [3.8, 4) is 11.1 Å². The van der Waals surface area contributed by atoms with E-state index in [0.29, 0.717) is 33.6 Å². The molecule has 1 amide bonds. The Morgan fingerprint density at radius 1 is 0.927 bits per heavy atom. The molecule has 3 aromatic carbocycles. The second kappa shape index (κ2) is 15.2. The Bertz CT molecular complexity index is 1560. The number of carboxylic acid groups (broad SMARTS) is 1. The number of rotatable bonds is 11. The van der Waals surface area contributed by atoms with Crippen molar-refractivity contribution in [1.29, 1.82) is 0 Å². The molecular formula is C33H29LiN2O4S. The van der Waals surface area contributed by atoms with E-state index in [4.69, 9.17) is 0 Å². The number of nitrogens with one attached hydrogen (secondary N) is 1. The van der Waals surface area contributed by atoms with Crippen molar-refractivity contribution in [1.82, 2.24) is 10.3 Å². The normalized spacial score (nSPS) is 11.5. The molecule has 0 aliphatic heterocycles. The SMILES string of the molecule is CSCC[C@H](NC(=O)c1ccc(C=Cc2cnccc2C(=O)c2ccccc2)cc1-c1ccccc1C)C(=O)[O-].[Li+]. The molecule has 1 N–H and O–H groups in total. The van der Waals surface area contributed by atoms with E-state index in [2.05, 4.69) is 10.3 Å². The van der Waals surface area contributed by atoms with Crippen molar-refractivity contribution < 1.29 is 38.4 Å². The quantitative estimate of drug-likeness (QED) is 0.224. The molecule has 0 unspecified atom stereocenters. The Morgan fingerprint density at radius 2 is 1.66 bits per heavy atom. The van der Waals surface area contributed by atoms with E-state index in [1.807, 2.05) is 73.9 Å². The first-order chi connectivity index (χ1) is 19.4. The number of carbonyl (C=O) groups excluding carboxylic acids is 3. The third-order valence-electron chi connectivity index (χ3n) is 6.51. The number of carboxylic acids is 1. The maximum absolute atomic E-state index is 13.3. The van der Waals surface area contributed by atoms with Gasteiger partial charge in [0.2, 0.25) is 0 Å². The molecule has 0 fully saturated rings. The standard InChI is InChI=1S/C33H30N2O4S.Li/c1-22-8-6-7-11-26(22)29-20-23(13-15-28(29)32(37)35-30(33(38)39)17-19-40-2)12-14-25-21-34-18-16-27(25)31(36)24-9-4-3-5-10-24;/h3-16,18,20-21,30H,17,19H2,1-2H3,(H,35,37)(H,38,39);/q;+1/p-1/t30-;/m0./s1. The van der Waals surface area contributed by atoms with Crippen molar-refractivity contribution in [2.45, 2.75) is 19.4 Å². The van der Waals surface area contributed by atoms with Gasteiger partial charge in [-0.05, 0) is 65.8 Å². The average Bonchev–Trinajstić information content (AvgIpc) is 2.98. The molecule has 1 aromatic heterocycles. The van der Waals surface area contributed by atoms with Gasteiger partial charge in [-0.3, -0.25) is 14.6 Å². The van der Waals surface area contributed by atoms with E-state index in [-0.39, 0.29) is 31.1 Å². The molecule has 0 spiro atoms. The van der Waals surface area contributed by atoms with Gasteiger partial charge in [-0.1, -0.05) is 72.8 Å². The number of carbonyl (C=O) groups is 3. The summed E-state index contributed by atoms with van der Waals surface area (Å²) in [5, 5.41) is 14.3. The molecule has 0 saturated carbocycles. The summed E-state index contributed by atoms with van der Waals surface area (Å²) >= 11 is 1.50. The molecule has 0 radical (unpaired) electrons. The molecule has 0 aliphatic rings. The van der Waals surface area contributed by atoms with Crippen molar-refractivity contribution >= 4 is 41.6 Å². The fourth-order valence-electron chi connectivity index (χ4n) is 4.36. The first kappa shape index (κ1) is 31.6. The van der Waals surface area contributed by atoms with Crippen LogP contribution in [-0.4, -0.2) is 40.7 Å². The number of thioether (sulfide) groups is 1. The summed E-state index contributed by atoms with van der Waals surface area (Å²) in [7, 11) is 0. The van der Waals surface area contributed by atoms with Crippen LogP contribution >= 0.6 is 11.8 Å². The number of aliphatic carboxylic acids is 1. The van der Waals surface area contributed by atoms with E-state index in [1.54, 1.807) is 42.7 Å². The van der Waals surface area contributed by atoms with E-state index < -0.39 is 17.9 Å². The van der Waals surface area contributed by atoms with Gasteiger partial charge in [0.25, 0.3) is 5.91 Å². The summed E-state index contributed by atoms with van der Waals surface area (Å²) in [5.74, 6) is -1.31. The number of hydrogen-bond donors (Lipinski definition) is 1. The molecule has 6 nitrogen and oxygen atoms in total. The first-order valence-electron chi connectivity index (χ1n) is 12.8. The van der Waals surface area contributed by atoms with Gasteiger partial charge < -0.3 is 15.2 Å². The second-order valence-corrected chi connectivity index (χ2v) is 10.2. The molecule has 0 bridgehead atoms. The van der Waals surface area contributed by atoms with Gasteiger partial charge in [-0.15, -0.1) is 0 Å². The van der Waals surface area contributed by atoms with Crippen molar-refractivity contribution in [2.24, 2.45) is 0 Å². The van der Waals surface area contributed by atoms with Crippen LogP contribution in [0.2, 0.25) is 0 Å². The largest absolute Gasteiger partial charge is 1.00 e. The number of nitrogens with zero attached hydrogens (tertiary/aromatic N) is 1. The van der Waals surface area contributed by atoms with Crippen LogP contribution < -0.4 is 29.3 Å². The smallest absolute Gasteiger partial charge is 0.548 e. The van der Waals surface area contributed by atoms with Crippen molar-refractivity contribution in [3.05, 3.63) is 125 Å². The molecular weight excluding hydrogens is 527 g/mol. The molecule has 4 aromatic rings. The number of hydrogen-bond acceptors (Lipinski definition) is 6.